The van der Waals surface area contributed by atoms with Crippen LogP contribution in [0.1, 0.15) is 36.9 Å². The lowest BCUT2D eigenvalue weighted by atomic mass is 10.1. The normalized spacial score (nSPS) is 16.7. The summed E-state index contributed by atoms with van der Waals surface area (Å²) >= 11 is 0. The quantitative estimate of drug-likeness (QED) is 0.856. The molecule has 2 aromatic rings. The molecule has 0 bridgehead atoms. The van der Waals surface area contributed by atoms with Crippen LogP contribution in [0.3, 0.4) is 0 Å². The second kappa shape index (κ2) is 8.12. The van der Waals surface area contributed by atoms with E-state index < -0.39 is 10.2 Å². The van der Waals surface area contributed by atoms with Crippen molar-refractivity contribution in [3.8, 4) is 11.5 Å². The highest BCUT2D eigenvalue weighted by molar-refractivity contribution is 7.87. The predicted octanol–water partition coefficient (Wildman–Crippen LogP) is 2.90. The molecule has 0 atom stereocenters. The van der Waals surface area contributed by atoms with Crippen LogP contribution in [0.25, 0.3) is 11.5 Å². The molecular formula is C18H25N3O3S. The third-order valence-electron chi connectivity index (χ3n) is 4.42. The first-order valence-corrected chi connectivity index (χ1v) is 10.2. The third kappa shape index (κ3) is 4.90. The minimum atomic E-state index is -3.40. The molecule has 2 heterocycles. The van der Waals surface area contributed by atoms with Crippen molar-refractivity contribution in [1.82, 2.24) is 14.0 Å². The van der Waals surface area contributed by atoms with Gasteiger partial charge in [0.25, 0.3) is 10.2 Å². The Morgan fingerprint density at radius 2 is 1.80 bits per heavy atom. The highest BCUT2D eigenvalue weighted by atomic mass is 32.2. The zero-order chi connectivity index (χ0) is 17.7. The fourth-order valence-corrected chi connectivity index (χ4v) is 4.21. The average Bonchev–Trinajstić information content (AvgIpc) is 2.88. The highest BCUT2D eigenvalue weighted by Crippen LogP contribution is 2.19. The van der Waals surface area contributed by atoms with E-state index in [1.165, 1.54) is 5.56 Å². The maximum atomic E-state index is 12.4. The molecule has 1 aliphatic rings. The van der Waals surface area contributed by atoms with Crippen molar-refractivity contribution >= 4 is 10.2 Å². The lowest BCUT2D eigenvalue weighted by molar-refractivity contribution is 0.415. The summed E-state index contributed by atoms with van der Waals surface area (Å²) in [4.78, 5) is 4.44. The van der Waals surface area contributed by atoms with Gasteiger partial charge in [-0.15, -0.1) is 0 Å². The van der Waals surface area contributed by atoms with E-state index in [-0.39, 0.29) is 0 Å². The lowest BCUT2D eigenvalue weighted by Crippen LogP contribution is -2.41. The topological polar surface area (TPSA) is 75.4 Å². The molecule has 7 heteroatoms. The van der Waals surface area contributed by atoms with Crippen LogP contribution < -0.4 is 4.72 Å². The van der Waals surface area contributed by atoms with Crippen LogP contribution in [0.4, 0.5) is 0 Å². The first kappa shape index (κ1) is 18.1. The molecule has 1 saturated heterocycles. The Labute approximate surface area is 149 Å². The van der Waals surface area contributed by atoms with Gasteiger partial charge in [-0.1, -0.05) is 30.5 Å². The summed E-state index contributed by atoms with van der Waals surface area (Å²) in [6, 6.07) is 7.95. The number of nitrogens with zero attached hydrogens (tertiary/aromatic N) is 2. The zero-order valence-corrected chi connectivity index (χ0v) is 15.4. The van der Waals surface area contributed by atoms with Crippen molar-refractivity contribution in [2.24, 2.45) is 0 Å². The van der Waals surface area contributed by atoms with E-state index in [9.17, 15) is 8.42 Å². The van der Waals surface area contributed by atoms with Gasteiger partial charge in [-0.3, -0.25) is 0 Å². The monoisotopic (exact) mass is 363 g/mol. The smallest absolute Gasteiger partial charge is 0.279 e. The Morgan fingerprint density at radius 3 is 2.48 bits per heavy atom. The fraction of sp³-hybridized carbons (Fsp3) is 0.500. The summed E-state index contributed by atoms with van der Waals surface area (Å²) in [5, 5.41) is 0. The second-order valence-electron chi connectivity index (χ2n) is 6.47. The van der Waals surface area contributed by atoms with Crippen molar-refractivity contribution in [1.29, 1.82) is 0 Å². The van der Waals surface area contributed by atoms with E-state index in [0.29, 0.717) is 31.9 Å². The summed E-state index contributed by atoms with van der Waals surface area (Å²) in [6.07, 6.45) is 6.17. The zero-order valence-electron chi connectivity index (χ0n) is 14.6. The Balaban J connectivity index is 1.54. The Kier molecular flexibility index (Phi) is 5.88. The lowest BCUT2D eigenvalue weighted by Gasteiger charge is -2.19. The standard InChI is InChI=1S/C18H25N3O3S/c1-15-6-8-16(9-7-15)18-20-17(14-24-18)10-11-19-25(22,23)21-12-4-2-3-5-13-21/h6-9,14,19H,2-5,10-13H2,1H3. The molecule has 0 aliphatic carbocycles. The Morgan fingerprint density at radius 1 is 1.12 bits per heavy atom. The van der Waals surface area contributed by atoms with Gasteiger partial charge in [0, 0.05) is 31.6 Å². The van der Waals surface area contributed by atoms with Crippen LogP contribution in [-0.4, -0.2) is 37.3 Å². The highest BCUT2D eigenvalue weighted by Gasteiger charge is 2.22. The van der Waals surface area contributed by atoms with E-state index in [1.807, 2.05) is 31.2 Å². The number of hydrogen-bond acceptors (Lipinski definition) is 4. The third-order valence-corrected chi connectivity index (χ3v) is 6.03. The van der Waals surface area contributed by atoms with Crippen LogP contribution in [0.5, 0.6) is 0 Å². The number of benzene rings is 1. The molecule has 0 amide bonds. The van der Waals surface area contributed by atoms with E-state index >= 15 is 0 Å². The van der Waals surface area contributed by atoms with Crippen molar-refractivity contribution in [2.45, 2.75) is 39.0 Å². The van der Waals surface area contributed by atoms with Gasteiger partial charge in [-0.2, -0.15) is 12.7 Å². The minimum Gasteiger partial charge on any atom is -0.444 e. The van der Waals surface area contributed by atoms with Gasteiger partial charge in [0.15, 0.2) is 0 Å². The molecule has 1 fully saturated rings. The maximum absolute atomic E-state index is 12.4. The van der Waals surface area contributed by atoms with Gasteiger partial charge < -0.3 is 4.42 Å². The molecule has 1 N–H and O–H groups in total. The molecule has 136 valence electrons. The van der Waals surface area contributed by atoms with Gasteiger partial charge in [0.05, 0.1) is 5.69 Å². The van der Waals surface area contributed by atoms with Gasteiger partial charge in [0.1, 0.15) is 6.26 Å². The molecule has 1 aromatic carbocycles. The van der Waals surface area contributed by atoms with Gasteiger partial charge in [-0.05, 0) is 31.9 Å². The van der Waals surface area contributed by atoms with Crippen LogP contribution in [-0.2, 0) is 16.6 Å². The van der Waals surface area contributed by atoms with Gasteiger partial charge in [0.2, 0.25) is 5.89 Å². The summed E-state index contributed by atoms with van der Waals surface area (Å²) in [5.41, 5.74) is 2.84. The first-order chi connectivity index (χ1) is 12.0. The van der Waals surface area contributed by atoms with E-state index in [1.54, 1.807) is 10.6 Å². The minimum absolute atomic E-state index is 0.318. The predicted molar refractivity (Wildman–Crippen MR) is 97.3 cm³/mol. The van der Waals surface area contributed by atoms with Crippen LogP contribution in [0.2, 0.25) is 0 Å². The maximum Gasteiger partial charge on any atom is 0.279 e. The largest absolute Gasteiger partial charge is 0.444 e. The summed E-state index contributed by atoms with van der Waals surface area (Å²) in [7, 11) is -3.40. The number of aromatic nitrogens is 1. The van der Waals surface area contributed by atoms with E-state index in [2.05, 4.69) is 9.71 Å². The van der Waals surface area contributed by atoms with E-state index in [4.69, 9.17) is 4.42 Å². The molecule has 25 heavy (non-hydrogen) atoms. The summed E-state index contributed by atoms with van der Waals surface area (Å²) in [6.45, 7) is 3.56. The summed E-state index contributed by atoms with van der Waals surface area (Å²) < 4.78 is 34.5. The Bertz CT molecular complexity index is 776. The second-order valence-corrected chi connectivity index (χ2v) is 8.23. The molecule has 1 aliphatic heterocycles. The van der Waals surface area contributed by atoms with Crippen LogP contribution >= 0.6 is 0 Å². The molecule has 3 rings (SSSR count). The van der Waals surface area contributed by atoms with E-state index in [0.717, 1.165) is 36.9 Å². The number of hydrogen-bond donors (Lipinski definition) is 1. The summed E-state index contributed by atoms with van der Waals surface area (Å²) in [5.74, 6) is 0.561. The molecule has 0 unspecified atom stereocenters. The number of oxazole rings is 1. The van der Waals surface area contributed by atoms with Crippen LogP contribution in [0, 0.1) is 6.92 Å². The molecule has 0 radical (unpaired) electrons. The first-order valence-electron chi connectivity index (χ1n) is 8.81. The molecule has 0 spiro atoms. The Hall–Kier alpha value is -1.70. The van der Waals surface area contributed by atoms with Crippen molar-refractivity contribution < 1.29 is 12.8 Å². The van der Waals surface area contributed by atoms with Crippen LogP contribution in [0.15, 0.2) is 34.9 Å². The molecular weight excluding hydrogens is 338 g/mol. The van der Waals surface area contributed by atoms with Gasteiger partial charge in [-0.25, -0.2) is 9.71 Å². The van der Waals surface area contributed by atoms with Crippen molar-refractivity contribution in [3.05, 3.63) is 41.8 Å². The number of nitrogens with one attached hydrogen (secondary N) is 1. The van der Waals surface area contributed by atoms with Crippen molar-refractivity contribution in [2.75, 3.05) is 19.6 Å². The molecule has 1 aromatic heterocycles. The average molecular weight is 363 g/mol. The molecule has 6 nitrogen and oxygen atoms in total. The molecule has 0 saturated carbocycles. The van der Waals surface area contributed by atoms with Gasteiger partial charge >= 0.3 is 0 Å². The number of aryl methyl sites for hydroxylation is 1. The van der Waals surface area contributed by atoms with Crippen molar-refractivity contribution in [3.63, 3.8) is 0 Å². The fourth-order valence-electron chi connectivity index (χ4n) is 2.93. The number of rotatable bonds is 6. The SMILES string of the molecule is Cc1ccc(-c2nc(CCNS(=O)(=O)N3CCCCCC3)co2)cc1.